The van der Waals surface area contributed by atoms with Crippen LogP contribution in [-0.2, 0) is 6.42 Å². The fourth-order valence-corrected chi connectivity index (χ4v) is 2.44. The zero-order valence-electron chi connectivity index (χ0n) is 10.0. The molecule has 2 aromatic carbocycles. The second-order valence-electron chi connectivity index (χ2n) is 4.34. The van der Waals surface area contributed by atoms with Gasteiger partial charge in [-0.15, -0.1) is 11.6 Å². The highest BCUT2D eigenvalue weighted by molar-refractivity contribution is 6.30. The Balaban J connectivity index is 2.23. The fraction of sp³-hybridized carbons (Fsp3) is 0.200. The SMILES string of the molecule is Fc1ccc(C(CCl)Cc2cc(Cl)ccc2F)cc1. The Morgan fingerprint density at radius 1 is 1.00 bits per heavy atom. The number of halogens is 4. The normalized spacial score (nSPS) is 12.4. The Morgan fingerprint density at radius 3 is 2.32 bits per heavy atom. The monoisotopic (exact) mass is 300 g/mol. The van der Waals surface area contributed by atoms with Crippen molar-refractivity contribution in [1.29, 1.82) is 0 Å². The Labute approximate surface area is 121 Å². The Kier molecular flexibility index (Phi) is 4.78. The maximum absolute atomic E-state index is 13.7. The maximum atomic E-state index is 13.7. The summed E-state index contributed by atoms with van der Waals surface area (Å²) in [6, 6.07) is 10.5. The second kappa shape index (κ2) is 6.36. The fourth-order valence-electron chi connectivity index (χ4n) is 1.96. The summed E-state index contributed by atoms with van der Waals surface area (Å²) in [6.45, 7) is 0. The molecule has 0 fully saturated rings. The third-order valence-electron chi connectivity index (χ3n) is 3.00. The number of alkyl halides is 1. The molecule has 0 heterocycles. The van der Waals surface area contributed by atoms with Crippen molar-refractivity contribution in [2.45, 2.75) is 12.3 Å². The first-order chi connectivity index (χ1) is 9.10. The van der Waals surface area contributed by atoms with E-state index in [1.54, 1.807) is 18.2 Å². The van der Waals surface area contributed by atoms with Crippen LogP contribution in [0.1, 0.15) is 17.0 Å². The maximum Gasteiger partial charge on any atom is 0.126 e. The van der Waals surface area contributed by atoms with Gasteiger partial charge < -0.3 is 0 Å². The van der Waals surface area contributed by atoms with E-state index >= 15 is 0 Å². The van der Waals surface area contributed by atoms with Crippen molar-refractivity contribution in [1.82, 2.24) is 0 Å². The molecule has 2 rings (SSSR count). The standard InChI is InChI=1S/C15H12Cl2F2/c16-9-12(10-1-4-14(18)5-2-10)7-11-8-13(17)3-6-15(11)19/h1-6,8,12H,7,9H2. The van der Waals surface area contributed by atoms with E-state index in [0.717, 1.165) is 5.56 Å². The first-order valence-corrected chi connectivity index (χ1v) is 6.76. The predicted molar refractivity (Wildman–Crippen MR) is 75.0 cm³/mol. The summed E-state index contributed by atoms with van der Waals surface area (Å²) in [6.07, 6.45) is 0.432. The van der Waals surface area contributed by atoms with Crippen LogP contribution in [0.5, 0.6) is 0 Å². The Morgan fingerprint density at radius 2 is 1.68 bits per heavy atom. The largest absolute Gasteiger partial charge is 0.207 e. The lowest BCUT2D eigenvalue weighted by Gasteiger charge is -2.15. The van der Waals surface area contributed by atoms with Gasteiger partial charge in [-0.05, 0) is 47.9 Å². The molecule has 0 aliphatic rings. The van der Waals surface area contributed by atoms with E-state index in [2.05, 4.69) is 0 Å². The van der Waals surface area contributed by atoms with E-state index < -0.39 is 0 Å². The van der Waals surface area contributed by atoms with Crippen LogP contribution >= 0.6 is 23.2 Å². The highest BCUT2D eigenvalue weighted by Crippen LogP contribution is 2.25. The molecule has 2 aromatic rings. The van der Waals surface area contributed by atoms with Gasteiger partial charge in [-0.2, -0.15) is 0 Å². The van der Waals surface area contributed by atoms with Crippen LogP contribution < -0.4 is 0 Å². The van der Waals surface area contributed by atoms with Gasteiger partial charge in [-0.25, -0.2) is 8.78 Å². The topological polar surface area (TPSA) is 0 Å². The van der Waals surface area contributed by atoms with Gasteiger partial charge in [0, 0.05) is 16.8 Å². The van der Waals surface area contributed by atoms with Gasteiger partial charge in [-0.1, -0.05) is 23.7 Å². The first kappa shape index (κ1) is 14.3. The highest BCUT2D eigenvalue weighted by Gasteiger charge is 2.14. The lowest BCUT2D eigenvalue weighted by molar-refractivity contribution is 0.597. The lowest BCUT2D eigenvalue weighted by Crippen LogP contribution is -2.06. The smallest absolute Gasteiger partial charge is 0.126 e. The summed E-state index contributed by atoms with van der Waals surface area (Å²) in [7, 11) is 0. The molecule has 0 aliphatic heterocycles. The summed E-state index contributed by atoms with van der Waals surface area (Å²) in [5, 5.41) is 0.490. The molecule has 19 heavy (non-hydrogen) atoms. The molecule has 0 saturated heterocycles. The number of benzene rings is 2. The van der Waals surface area contributed by atoms with Crippen LogP contribution in [0, 0.1) is 11.6 Å². The minimum atomic E-state index is -0.304. The Bertz CT molecular complexity index is 553. The molecule has 4 heteroatoms. The first-order valence-electron chi connectivity index (χ1n) is 5.85. The zero-order chi connectivity index (χ0) is 13.8. The molecular formula is C15H12Cl2F2. The lowest BCUT2D eigenvalue weighted by atomic mass is 9.93. The third kappa shape index (κ3) is 3.68. The summed E-state index contributed by atoms with van der Waals surface area (Å²) in [5.41, 5.74) is 1.40. The number of hydrogen-bond acceptors (Lipinski definition) is 0. The summed E-state index contributed by atoms with van der Waals surface area (Å²) in [4.78, 5) is 0. The van der Waals surface area contributed by atoms with Gasteiger partial charge in [0.1, 0.15) is 11.6 Å². The van der Waals surface area contributed by atoms with Crippen molar-refractivity contribution in [2.75, 3.05) is 5.88 Å². The number of hydrogen-bond donors (Lipinski definition) is 0. The molecule has 0 N–H and O–H groups in total. The van der Waals surface area contributed by atoms with Crippen molar-refractivity contribution in [3.63, 3.8) is 0 Å². The van der Waals surface area contributed by atoms with Gasteiger partial charge in [-0.3, -0.25) is 0 Å². The van der Waals surface area contributed by atoms with E-state index in [-0.39, 0.29) is 17.6 Å². The molecule has 100 valence electrons. The van der Waals surface area contributed by atoms with Crippen LogP contribution in [-0.4, -0.2) is 5.88 Å². The molecule has 0 bridgehead atoms. The van der Waals surface area contributed by atoms with Crippen molar-refractivity contribution in [3.8, 4) is 0 Å². The quantitative estimate of drug-likeness (QED) is 0.682. The average Bonchev–Trinajstić information content (AvgIpc) is 2.41. The molecule has 0 aliphatic carbocycles. The van der Waals surface area contributed by atoms with E-state index in [9.17, 15) is 8.78 Å². The van der Waals surface area contributed by atoms with Crippen molar-refractivity contribution >= 4 is 23.2 Å². The van der Waals surface area contributed by atoms with Crippen LogP contribution in [0.2, 0.25) is 5.02 Å². The van der Waals surface area contributed by atoms with Gasteiger partial charge >= 0.3 is 0 Å². The zero-order valence-corrected chi connectivity index (χ0v) is 11.6. The van der Waals surface area contributed by atoms with Gasteiger partial charge in [0.15, 0.2) is 0 Å². The number of rotatable bonds is 4. The van der Waals surface area contributed by atoms with E-state index in [1.807, 2.05) is 0 Å². The molecule has 0 spiro atoms. The molecule has 0 aromatic heterocycles. The minimum Gasteiger partial charge on any atom is -0.207 e. The van der Waals surface area contributed by atoms with Crippen LogP contribution in [0.25, 0.3) is 0 Å². The highest BCUT2D eigenvalue weighted by atomic mass is 35.5. The molecule has 0 amide bonds. The minimum absolute atomic E-state index is 0.0739. The molecular weight excluding hydrogens is 289 g/mol. The van der Waals surface area contributed by atoms with Crippen LogP contribution in [0.4, 0.5) is 8.78 Å². The average molecular weight is 301 g/mol. The molecule has 1 atom stereocenters. The van der Waals surface area contributed by atoms with Crippen molar-refractivity contribution < 1.29 is 8.78 Å². The van der Waals surface area contributed by atoms with Gasteiger partial charge in [0.2, 0.25) is 0 Å². The van der Waals surface area contributed by atoms with Crippen LogP contribution in [0.3, 0.4) is 0 Å². The van der Waals surface area contributed by atoms with E-state index in [1.165, 1.54) is 24.3 Å². The van der Waals surface area contributed by atoms with Crippen molar-refractivity contribution in [2.24, 2.45) is 0 Å². The van der Waals surface area contributed by atoms with Crippen LogP contribution in [0.15, 0.2) is 42.5 Å². The third-order valence-corrected chi connectivity index (χ3v) is 3.61. The summed E-state index contributed by atoms with van der Waals surface area (Å²) in [5.74, 6) is -0.347. The Hall–Kier alpha value is -1.12. The van der Waals surface area contributed by atoms with Gasteiger partial charge in [0.25, 0.3) is 0 Å². The predicted octanol–water partition coefficient (Wildman–Crippen LogP) is 5.18. The molecule has 0 radical (unpaired) electrons. The molecule has 1 unspecified atom stereocenters. The van der Waals surface area contributed by atoms with Gasteiger partial charge in [0.05, 0.1) is 0 Å². The summed E-state index contributed by atoms with van der Waals surface area (Å²) < 4.78 is 26.6. The second-order valence-corrected chi connectivity index (χ2v) is 5.09. The van der Waals surface area contributed by atoms with Crippen molar-refractivity contribution in [3.05, 3.63) is 70.2 Å². The molecule has 0 saturated carbocycles. The van der Waals surface area contributed by atoms with E-state index in [0.29, 0.717) is 22.9 Å². The van der Waals surface area contributed by atoms with E-state index in [4.69, 9.17) is 23.2 Å². The molecule has 0 nitrogen and oxygen atoms in total. The summed E-state index contributed by atoms with van der Waals surface area (Å²) >= 11 is 11.8.